The molecule has 140 valence electrons. The second-order valence-electron chi connectivity index (χ2n) is 5.46. The Morgan fingerprint density at radius 1 is 1.15 bits per heavy atom. The van der Waals surface area contributed by atoms with E-state index in [0.717, 1.165) is 4.90 Å². The van der Waals surface area contributed by atoms with E-state index in [1.165, 1.54) is 26.4 Å². The van der Waals surface area contributed by atoms with Gasteiger partial charge in [-0.05, 0) is 24.6 Å². The van der Waals surface area contributed by atoms with E-state index in [1.807, 2.05) is 0 Å². The van der Waals surface area contributed by atoms with Gasteiger partial charge in [0.25, 0.3) is 11.8 Å². The maximum absolute atomic E-state index is 12.1. The lowest BCUT2D eigenvalue weighted by Crippen LogP contribution is -2.37. The number of esters is 1. The quantitative estimate of drug-likeness (QED) is 0.684. The Morgan fingerprint density at radius 3 is 2.50 bits per heavy atom. The van der Waals surface area contributed by atoms with Gasteiger partial charge in [0.05, 0.1) is 14.2 Å². The first-order chi connectivity index (χ1) is 12.5. The standard InChI is InChI=1S/C17H20N2O7/c1-24-12-6-5-11(8-13(12)25-2)17(23)18-9-16(22)26-10-15(21)19-7-3-4-14(19)20/h5-6,8H,3-4,7,9-10H2,1-2H3,(H,18,23). The number of hydrogen-bond donors (Lipinski definition) is 1. The summed E-state index contributed by atoms with van der Waals surface area (Å²) in [7, 11) is 2.92. The highest BCUT2D eigenvalue weighted by molar-refractivity contribution is 5.98. The molecule has 0 aromatic heterocycles. The van der Waals surface area contributed by atoms with Crippen LogP contribution >= 0.6 is 0 Å². The van der Waals surface area contributed by atoms with Crippen LogP contribution in [0.1, 0.15) is 23.2 Å². The number of nitrogens with zero attached hydrogens (tertiary/aromatic N) is 1. The number of nitrogens with one attached hydrogen (secondary N) is 1. The fourth-order valence-corrected chi connectivity index (χ4v) is 2.41. The second kappa shape index (κ2) is 8.84. The molecular formula is C17H20N2O7. The number of carbonyl (C=O) groups is 4. The van der Waals surface area contributed by atoms with Gasteiger partial charge in [0, 0.05) is 18.5 Å². The van der Waals surface area contributed by atoms with Gasteiger partial charge in [-0.15, -0.1) is 0 Å². The highest BCUT2D eigenvalue weighted by Crippen LogP contribution is 2.27. The van der Waals surface area contributed by atoms with Crippen LogP contribution in [0.2, 0.25) is 0 Å². The summed E-state index contributed by atoms with van der Waals surface area (Å²) < 4.78 is 15.0. The summed E-state index contributed by atoms with van der Waals surface area (Å²) in [6.45, 7) is -0.601. The van der Waals surface area contributed by atoms with Crippen LogP contribution in [0.15, 0.2) is 18.2 Å². The first-order valence-corrected chi connectivity index (χ1v) is 7.95. The van der Waals surface area contributed by atoms with Gasteiger partial charge < -0.3 is 19.5 Å². The molecule has 0 unspecified atom stereocenters. The number of hydrogen-bond acceptors (Lipinski definition) is 7. The Hall–Kier alpha value is -3.10. The van der Waals surface area contributed by atoms with Crippen molar-refractivity contribution in [1.82, 2.24) is 10.2 Å². The van der Waals surface area contributed by atoms with Gasteiger partial charge in [0.2, 0.25) is 5.91 Å². The van der Waals surface area contributed by atoms with E-state index >= 15 is 0 Å². The normalized spacial score (nSPS) is 13.3. The van der Waals surface area contributed by atoms with Crippen LogP contribution < -0.4 is 14.8 Å². The van der Waals surface area contributed by atoms with Crippen LogP contribution in [0.25, 0.3) is 0 Å². The average Bonchev–Trinajstić information content (AvgIpc) is 3.09. The van der Waals surface area contributed by atoms with E-state index < -0.39 is 30.9 Å². The minimum absolute atomic E-state index is 0.271. The third-order valence-electron chi connectivity index (χ3n) is 3.77. The summed E-state index contributed by atoms with van der Waals surface area (Å²) in [6.07, 6.45) is 0.932. The van der Waals surface area contributed by atoms with Crippen molar-refractivity contribution < 1.29 is 33.4 Å². The van der Waals surface area contributed by atoms with Crippen molar-refractivity contribution in [3.63, 3.8) is 0 Å². The summed E-state index contributed by atoms with van der Waals surface area (Å²) in [5.74, 6) is -1.27. The predicted molar refractivity (Wildman–Crippen MR) is 88.8 cm³/mol. The van der Waals surface area contributed by atoms with Crippen LogP contribution in [-0.2, 0) is 19.1 Å². The van der Waals surface area contributed by atoms with Gasteiger partial charge in [-0.2, -0.15) is 0 Å². The molecule has 1 N–H and O–H groups in total. The molecular weight excluding hydrogens is 344 g/mol. The Kier molecular flexibility index (Phi) is 6.54. The highest BCUT2D eigenvalue weighted by atomic mass is 16.5. The molecule has 1 saturated heterocycles. The molecule has 2 rings (SSSR count). The Morgan fingerprint density at radius 2 is 1.88 bits per heavy atom. The number of carbonyl (C=O) groups excluding carboxylic acids is 4. The van der Waals surface area contributed by atoms with Crippen molar-refractivity contribution >= 4 is 23.7 Å². The van der Waals surface area contributed by atoms with Crippen molar-refractivity contribution in [1.29, 1.82) is 0 Å². The number of imide groups is 1. The monoisotopic (exact) mass is 364 g/mol. The maximum atomic E-state index is 12.1. The van der Waals surface area contributed by atoms with Crippen molar-refractivity contribution in [2.75, 3.05) is 33.9 Å². The molecule has 9 heteroatoms. The van der Waals surface area contributed by atoms with Gasteiger partial charge in [-0.25, -0.2) is 0 Å². The summed E-state index contributed by atoms with van der Waals surface area (Å²) in [4.78, 5) is 48.0. The van der Waals surface area contributed by atoms with Gasteiger partial charge in [0.1, 0.15) is 6.54 Å². The van der Waals surface area contributed by atoms with Crippen LogP contribution in [0.5, 0.6) is 11.5 Å². The van der Waals surface area contributed by atoms with E-state index in [2.05, 4.69) is 5.32 Å². The lowest BCUT2D eigenvalue weighted by atomic mass is 10.2. The molecule has 0 spiro atoms. The van der Waals surface area contributed by atoms with E-state index in [1.54, 1.807) is 6.07 Å². The number of benzene rings is 1. The van der Waals surface area contributed by atoms with Gasteiger partial charge in [-0.3, -0.25) is 24.1 Å². The molecule has 1 aliphatic heterocycles. The number of rotatable bonds is 7. The maximum Gasteiger partial charge on any atom is 0.325 e. The number of amides is 3. The lowest BCUT2D eigenvalue weighted by molar-refractivity contribution is -0.154. The smallest absolute Gasteiger partial charge is 0.325 e. The average molecular weight is 364 g/mol. The molecule has 26 heavy (non-hydrogen) atoms. The molecule has 0 saturated carbocycles. The number of likely N-dealkylation sites (tertiary alicyclic amines) is 1. The van der Waals surface area contributed by atoms with E-state index in [9.17, 15) is 19.2 Å². The summed E-state index contributed by atoms with van der Waals surface area (Å²) in [6, 6.07) is 4.56. The molecule has 1 aromatic carbocycles. The third-order valence-corrected chi connectivity index (χ3v) is 3.77. The Labute approximate surface area is 150 Å². The molecule has 0 radical (unpaired) electrons. The largest absolute Gasteiger partial charge is 0.493 e. The SMILES string of the molecule is COc1ccc(C(=O)NCC(=O)OCC(=O)N2CCCC2=O)cc1OC. The number of ether oxygens (including phenoxy) is 3. The van der Waals surface area contributed by atoms with Crippen molar-refractivity contribution in [2.24, 2.45) is 0 Å². The summed E-state index contributed by atoms with van der Waals surface area (Å²) in [5, 5.41) is 2.39. The van der Waals surface area contributed by atoms with Crippen molar-refractivity contribution in [2.45, 2.75) is 12.8 Å². The molecule has 0 aliphatic carbocycles. The molecule has 0 atom stereocenters. The molecule has 3 amide bonds. The van der Waals surface area contributed by atoms with Crippen LogP contribution in [-0.4, -0.2) is 62.5 Å². The molecule has 9 nitrogen and oxygen atoms in total. The van der Waals surface area contributed by atoms with Gasteiger partial charge >= 0.3 is 5.97 Å². The molecule has 1 heterocycles. The van der Waals surface area contributed by atoms with Crippen LogP contribution in [0.3, 0.4) is 0 Å². The summed E-state index contributed by atoms with van der Waals surface area (Å²) >= 11 is 0. The van der Waals surface area contributed by atoms with E-state index in [4.69, 9.17) is 14.2 Å². The highest BCUT2D eigenvalue weighted by Gasteiger charge is 2.27. The molecule has 1 fully saturated rings. The first-order valence-electron chi connectivity index (χ1n) is 7.95. The van der Waals surface area contributed by atoms with Gasteiger partial charge in [0.15, 0.2) is 18.1 Å². The molecule has 0 bridgehead atoms. The third kappa shape index (κ3) is 4.71. The minimum Gasteiger partial charge on any atom is -0.493 e. The predicted octanol–water partition coefficient (Wildman–Crippen LogP) is 0.126. The Bertz CT molecular complexity index is 717. The van der Waals surface area contributed by atoms with Gasteiger partial charge in [-0.1, -0.05) is 0 Å². The summed E-state index contributed by atoms with van der Waals surface area (Å²) in [5.41, 5.74) is 0.272. The fraction of sp³-hybridized carbons (Fsp3) is 0.412. The van der Waals surface area contributed by atoms with E-state index in [0.29, 0.717) is 30.9 Å². The zero-order valence-electron chi connectivity index (χ0n) is 14.6. The second-order valence-corrected chi connectivity index (χ2v) is 5.46. The zero-order valence-corrected chi connectivity index (χ0v) is 14.6. The van der Waals surface area contributed by atoms with Crippen LogP contribution in [0.4, 0.5) is 0 Å². The van der Waals surface area contributed by atoms with E-state index in [-0.39, 0.29) is 11.5 Å². The van der Waals surface area contributed by atoms with Crippen molar-refractivity contribution in [3.8, 4) is 11.5 Å². The lowest BCUT2D eigenvalue weighted by Gasteiger charge is -2.13. The fourth-order valence-electron chi connectivity index (χ4n) is 2.41. The zero-order chi connectivity index (χ0) is 19.1. The Balaban J connectivity index is 1.80. The first kappa shape index (κ1) is 19.2. The van der Waals surface area contributed by atoms with Crippen LogP contribution in [0, 0.1) is 0 Å². The topological polar surface area (TPSA) is 111 Å². The van der Waals surface area contributed by atoms with Crippen molar-refractivity contribution in [3.05, 3.63) is 23.8 Å². The molecule has 1 aliphatic rings. The molecule has 1 aromatic rings. The minimum atomic E-state index is -0.779. The number of methoxy groups -OCH3 is 2.